The summed E-state index contributed by atoms with van der Waals surface area (Å²) in [6, 6.07) is 5.22. The topological polar surface area (TPSA) is 65.9 Å². The Morgan fingerprint density at radius 1 is 1.16 bits per heavy atom. The summed E-state index contributed by atoms with van der Waals surface area (Å²) in [5, 5.41) is 10.9. The molecule has 1 N–H and O–H groups in total. The maximum Gasteiger partial charge on any atom is 0.338 e. The van der Waals surface area contributed by atoms with Crippen LogP contribution < -0.4 is 4.90 Å². The van der Waals surface area contributed by atoms with E-state index in [0.29, 0.717) is 24.1 Å². The van der Waals surface area contributed by atoms with Crippen LogP contribution in [0.15, 0.2) is 30.6 Å². The number of halogens is 1. The van der Waals surface area contributed by atoms with E-state index in [9.17, 15) is 14.3 Å². The highest BCUT2D eigenvalue weighted by Gasteiger charge is 2.38. The number of hydrogen-bond donors (Lipinski definition) is 1. The van der Waals surface area contributed by atoms with Gasteiger partial charge < -0.3 is 19.6 Å². The van der Waals surface area contributed by atoms with Gasteiger partial charge in [-0.05, 0) is 68.3 Å². The summed E-state index contributed by atoms with van der Waals surface area (Å²) in [6.45, 7) is 6.69. The second kappa shape index (κ2) is 8.45. The number of esters is 1. The quantitative estimate of drug-likeness (QED) is 0.735. The Labute approximate surface area is 188 Å². The van der Waals surface area contributed by atoms with Gasteiger partial charge in [0.15, 0.2) is 0 Å². The average molecular weight is 440 g/mol. The number of aliphatic hydroxyl groups is 1. The summed E-state index contributed by atoms with van der Waals surface area (Å²) < 4.78 is 18.6. The molecule has 7 heteroatoms. The lowest BCUT2D eigenvalue weighted by molar-refractivity contribution is 0.0448. The smallest absolute Gasteiger partial charge is 0.338 e. The van der Waals surface area contributed by atoms with Gasteiger partial charge in [0.1, 0.15) is 12.4 Å². The molecule has 1 atom stereocenters. The zero-order valence-electron chi connectivity index (χ0n) is 18.5. The number of aliphatic hydroxyl groups excluding tert-OH is 1. The van der Waals surface area contributed by atoms with Gasteiger partial charge >= 0.3 is 5.97 Å². The first kappa shape index (κ1) is 21.3. The monoisotopic (exact) mass is 439 g/mol. The Morgan fingerprint density at radius 2 is 1.88 bits per heavy atom. The van der Waals surface area contributed by atoms with E-state index in [4.69, 9.17) is 4.74 Å². The number of benzene rings is 1. The largest absolute Gasteiger partial charge is 0.457 e. The third kappa shape index (κ3) is 3.99. The Bertz CT molecular complexity index is 1010. The number of hydrogen-bond acceptors (Lipinski definition) is 6. The fraction of sp³-hybridized carbons (Fsp3) is 0.520. The third-order valence-electron chi connectivity index (χ3n) is 7.79. The van der Waals surface area contributed by atoms with Crippen LogP contribution in [0, 0.1) is 18.2 Å². The summed E-state index contributed by atoms with van der Waals surface area (Å²) >= 11 is 0. The summed E-state index contributed by atoms with van der Waals surface area (Å²) in [7, 11) is 0. The number of ether oxygens (including phenoxy) is 1. The van der Waals surface area contributed by atoms with Gasteiger partial charge in [-0.25, -0.2) is 9.18 Å². The van der Waals surface area contributed by atoms with Crippen LogP contribution in [0.25, 0.3) is 0 Å². The second-order valence-corrected chi connectivity index (χ2v) is 9.55. The molecule has 4 heterocycles. The van der Waals surface area contributed by atoms with E-state index in [2.05, 4.69) is 14.8 Å². The summed E-state index contributed by atoms with van der Waals surface area (Å²) in [6.07, 6.45) is 6.88. The van der Waals surface area contributed by atoms with Crippen molar-refractivity contribution in [2.75, 3.05) is 37.6 Å². The summed E-state index contributed by atoms with van der Waals surface area (Å²) in [5.41, 5.74) is 4.60. The van der Waals surface area contributed by atoms with Crippen LogP contribution in [-0.2, 0) is 11.3 Å². The van der Waals surface area contributed by atoms with Crippen molar-refractivity contribution in [1.82, 2.24) is 9.88 Å². The highest BCUT2D eigenvalue weighted by atomic mass is 19.1. The fourth-order valence-corrected chi connectivity index (χ4v) is 5.59. The average Bonchev–Trinajstić information content (AvgIpc) is 3.18. The minimum absolute atomic E-state index is 0.273. The van der Waals surface area contributed by atoms with Gasteiger partial charge in [0.05, 0.1) is 29.7 Å². The van der Waals surface area contributed by atoms with Crippen molar-refractivity contribution in [2.24, 2.45) is 5.41 Å². The predicted octanol–water partition coefficient (Wildman–Crippen LogP) is 3.62. The van der Waals surface area contributed by atoms with E-state index in [-0.39, 0.29) is 11.8 Å². The lowest BCUT2D eigenvalue weighted by Crippen LogP contribution is -2.47. The first-order valence-corrected chi connectivity index (χ1v) is 11.5. The van der Waals surface area contributed by atoms with Crippen LogP contribution in [-0.4, -0.2) is 53.7 Å². The van der Waals surface area contributed by atoms with E-state index in [1.165, 1.54) is 6.20 Å². The molecule has 0 radical (unpaired) electrons. The van der Waals surface area contributed by atoms with Crippen LogP contribution in [0.4, 0.5) is 10.1 Å². The van der Waals surface area contributed by atoms with Crippen LogP contribution in [0.5, 0.6) is 0 Å². The number of carbonyl (C=O) groups is 1. The van der Waals surface area contributed by atoms with E-state index >= 15 is 0 Å². The number of pyridine rings is 1. The molecule has 5 rings (SSSR count). The Kier molecular flexibility index (Phi) is 5.63. The van der Waals surface area contributed by atoms with Gasteiger partial charge in [-0.15, -0.1) is 0 Å². The summed E-state index contributed by atoms with van der Waals surface area (Å²) in [5.74, 6) is -0.558. The van der Waals surface area contributed by atoms with Crippen molar-refractivity contribution >= 4 is 11.7 Å². The number of piperidine rings is 2. The number of β-amino-alcohol motifs (C(OH)–C–C–N with tert-alkyl or cyclic N) is 1. The Balaban J connectivity index is 1.16. The molecule has 3 aliphatic heterocycles. The zero-order valence-corrected chi connectivity index (χ0v) is 18.5. The van der Waals surface area contributed by atoms with Crippen LogP contribution >= 0.6 is 0 Å². The molecule has 32 heavy (non-hydrogen) atoms. The fourth-order valence-electron chi connectivity index (χ4n) is 5.59. The van der Waals surface area contributed by atoms with Crippen molar-refractivity contribution in [1.29, 1.82) is 0 Å². The minimum Gasteiger partial charge on any atom is -0.457 e. The van der Waals surface area contributed by atoms with Gasteiger partial charge in [-0.1, -0.05) is 6.07 Å². The van der Waals surface area contributed by atoms with Gasteiger partial charge in [0.2, 0.25) is 0 Å². The van der Waals surface area contributed by atoms with Crippen molar-refractivity contribution in [3.63, 3.8) is 0 Å². The molecule has 2 saturated heterocycles. The molecule has 0 unspecified atom stereocenters. The standard InChI is InChI=1S/C25H30FN3O3/c1-17-20(2-3-21-22(17)16-32-24(21)31)23(30)15-28-8-4-25(5-9-28)6-10-29(11-7-25)19-12-18(26)13-27-14-19/h2-3,12-14,23,30H,4-11,15-16H2,1H3/t23-/m0/s1. The van der Waals surface area contributed by atoms with E-state index in [0.717, 1.165) is 74.2 Å². The number of aromatic nitrogens is 1. The molecule has 1 spiro atoms. The number of rotatable bonds is 4. The first-order chi connectivity index (χ1) is 15.4. The molecule has 0 aliphatic carbocycles. The van der Waals surface area contributed by atoms with Crippen LogP contribution in [0.2, 0.25) is 0 Å². The van der Waals surface area contributed by atoms with Crippen LogP contribution in [0.1, 0.15) is 58.8 Å². The van der Waals surface area contributed by atoms with Crippen molar-refractivity contribution in [2.45, 2.75) is 45.3 Å². The molecule has 1 aromatic heterocycles. The molecule has 3 aliphatic rings. The molecular weight excluding hydrogens is 409 g/mol. The SMILES string of the molecule is Cc1c([C@@H](O)CN2CCC3(CC2)CCN(c2cncc(F)c2)CC3)ccc2c1COC2=O. The number of fused-ring (bicyclic) bond motifs is 1. The Morgan fingerprint density at radius 3 is 2.59 bits per heavy atom. The molecule has 6 nitrogen and oxygen atoms in total. The number of nitrogens with zero attached hydrogens (tertiary/aromatic N) is 3. The maximum atomic E-state index is 13.5. The van der Waals surface area contributed by atoms with Crippen LogP contribution in [0.3, 0.4) is 0 Å². The zero-order chi connectivity index (χ0) is 22.3. The maximum absolute atomic E-state index is 13.5. The molecule has 170 valence electrons. The van der Waals surface area contributed by atoms with Gasteiger partial charge in [-0.2, -0.15) is 0 Å². The molecule has 1 aromatic carbocycles. The van der Waals surface area contributed by atoms with E-state index in [1.54, 1.807) is 18.3 Å². The molecule has 2 fully saturated rings. The summed E-state index contributed by atoms with van der Waals surface area (Å²) in [4.78, 5) is 20.3. The highest BCUT2D eigenvalue weighted by Crippen LogP contribution is 2.42. The Hall–Kier alpha value is -2.51. The van der Waals surface area contributed by atoms with Gasteiger partial charge in [0, 0.05) is 31.3 Å². The molecule has 0 amide bonds. The lowest BCUT2D eigenvalue weighted by atomic mass is 9.71. The van der Waals surface area contributed by atoms with Gasteiger partial charge in [-0.3, -0.25) is 4.98 Å². The molecule has 0 saturated carbocycles. The lowest BCUT2D eigenvalue weighted by Gasteiger charge is -2.47. The number of anilines is 1. The van der Waals surface area contributed by atoms with Crippen molar-refractivity contribution in [3.05, 3.63) is 58.7 Å². The van der Waals surface area contributed by atoms with Gasteiger partial charge in [0.25, 0.3) is 0 Å². The highest BCUT2D eigenvalue weighted by molar-refractivity contribution is 5.93. The molecular formula is C25H30FN3O3. The predicted molar refractivity (Wildman–Crippen MR) is 119 cm³/mol. The van der Waals surface area contributed by atoms with E-state index in [1.807, 2.05) is 13.0 Å². The molecule has 0 bridgehead atoms. The number of carbonyl (C=O) groups excluding carboxylic acids is 1. The first-order valence-electron chi connectivity index (χ1n) is 11.5. The third-order valence-corrected chi connectivity index (χ3v) is 7.79. The normalized spacial score (nSPS) is 21.5. The number of likely N-dealkylation sites (tertiary alicyclic amines) is 1. The van der Waals surface area contributed by atoms with Crippen molar-refractivity contribution < 1.29 is 19.0 Å². The van der Waals surface area contributed by atoms with Crippen molar-refractivity contribution in [3.8, 4) is 0 Å². The molecule has 2 aromatic rings. The van der Waals surface area contributed by atoms with E-state index < -0.39 is 6.10 Å². The minimum atomic E-state index is -0.577. The second-order valence-electron chi connectivity index (χ2n) is 9.55. The number of cyclic esters (lactones) is 1.